The molecule has 0 bridgehead atoms. The maximum absolute atomic E-state index is 12.2. The number of carbonyl (C=O) groups excluding carboxylic acids is 1. The Morgan fingerprint density at radius 2 is 2.26 bits per heavy atom. The summed E-state index contributed by atoms with van der Waals surface area (Å²) in [5, 5.41) is 2.40. The third kappa shape index (κ3) is 3.92. The van der Waals surface area contributed by atoms with Crippen LogP contribution in [-0.4, -0.2) is 43.2 Å². The van der Waals surface area contributed by atoms with Gasteiger partial charge in [0.1, 0.15) is 4.88 Å². The van der Waals surface area contributed by atoms with E-state index in [-0.39, 0.29) is 12.0 Å². The average Bonchev–Trinajstić information content (AvgIpc) is 2.85. The molecule has 0 radical (unpaired) electrons. The molecule has 0 spiro atoms. The number of carbonyl (C=O) groups is 1. The summed E-state index contributed by atoms with van der Waals surface area (Å²) in [4.78, 5) is 14.7. The fourth-order valence-electron chi connectivity index (χ4n) is 2.15. The molecule has 1 aromatic heterocycles. The minimum Gasteiger partial charge on any atom is -0.378 e. The number of thiophene rings is 1. The zero-order valence-electron chi connectivity index (χ0n) is 10.8. The van der Waals surface area contributed by atoms with Crippen LogP contribution in [0.3, 0.4) is 0 Å². The first-order valence-corrected chi connectivity index (χ1v) is 7.82. The summed E-state index contributed by atoms with van der Waals surface area (Å²) >= 11 is 7.39. The van der Waals surface area contributed by atoms with E-state index in [1.807, 2.05) is 10.3 Å². The van der Waals surface area contributed by atoms with Gasteiger partial charge >= 0.3 is 0 Å². The Balaban J connectivity index is 1.80. The zero-order chi connectivity index (χ0) is 13.7. The lowest BCUT2D eigenvalue weighted by molar-refractivity contribution is 0.00858. The molecule has 0 aromatic carbocycles. The van der Waals surface area contributed by atoms with Crippen molar-refractivity contribution >= 4 is 28.8 Å². The van der Waals surface area contributed by atoms with Crippen LogP contribution in [0.4, 0.5) is 0 Å². The van der Waals surface area contributed by atoms with Gasteiger partial charge in [-0.1, -0.05) is 11.6 Å². The molecule has 0 unspecified atom stereocenters. The molecule has 0 atom stereocenters. The molecule has 19 heavy (non-hydrogen) atoms. The number of nitrogens with zero attached hydrogens (tertiary/aromatic N) is 1. The number of piperidine rings is 1. The van der Waals surface area contributed by atoms with Crippen LogP contribution in [0.2, 0.25) is 5.02 Å². The zero-order valence-corrected chi connectivity index (χ0v) is 12.4. The lowest BCUT2D eigenvalue weighted by Crippen LogP contribution is -2.40. The Labute approximate surface area is 122 Å². The molecular weight excluding hydrogens is 284 g/mol. The fourth-order valence-corrected chi connectivity index (χ4v) is 3.25. The van der Waals surface area contributed by atoms with Gasteiger partial charge in [0.2, 0.25) is 0 Å². The van der Waals surface area contributed by atoms with Crippen LogP contribution in [0.5, 0.6) is 0 Å². The fraction of sp³-hybridized carbons (Fsp3) is 0.615. The van der Waals surface area contributed by atoms with Gasteiger partial charge < -0.3 is 15.4 Å². The van der Waals surface area contributed by atoms with Gasteiger partial charge in [0, 0.05) is 19.7 Å². The smallest absolute Gasteiger partial charge is 0.265 e. The van der Waals surface area contributed by atoms with E-state index in [0.29, 0.717) is 23.1 Å². The molecule has 1 saturated heterocycles. The molecule has 0 aliphatic carbocycles. The maximum atomic E-state index is 12.2. The SMILES string of the molecule is NCCCOC1CCN(C(=O)c2sccc2Cl)CC1. The first-order chi connectivity index (χ1) is 9.22. The first kappa shape index (κ1) is 14.8. The van der Waals surface area contributed by atoms with E-state index in [1.165, 1.54) is 11.3 Å². The second kappa shape index (κ2) is 7.24. The summed E-state index contributed by atoms with van der Waals surface area (Å²) < 4.78 is 5.72. The average molecular weight is 303 g/mol. The van der Waals surface area contributed by atoms with Crippen molar-refractivity contribution < 1.29 is 9.53 Å². The minimum atomic E-state index is 0.0420. The molecule has 2 N–H and O–H groups in total. The Morgan fingerprint density at radius 3 is 2.84 bits per heavy atom. The van der Waals surface area contributed by atoms with Crippen LogP contribution in [0.15, 0.2) is 11.4 Å². The summed E-state index contributed by atoms with van der Waals surface area (Å²) in [5.41, 5.74) is 5.43. The lowest BCUT2D eigenvalue weighted by atomic mass is 10.1. The normalized spacial score (nSPS) is 16.8. The van der Waals surface area contributed by atoms with Crippen molar-refractivity contribution in [2.24, 2.45) is 5.73 Å². The highest BCUT2D eigenvalue weighted by molar-refractivity contribution is 7.12. The highest BCUT2D eigenvalue weighted by atomic mass is 35.5. The van der Waals surface area contributed by atoms with E-state index in [4.69, 9.17) is 22.1 Å². The Kier molecular flexibility index (Phi) is 5.63. The van der Waals surface area contributed by atoms with E-state index in [2.05, 4.69) is 0 Å². The molecule has 1 fully saturated rings. The first-order valence-electron chi connectivity index (χ1n) is 6.56. The number of halogens is 1. The number of amides is 1. The number of hydrogen-bond acceptors (Lipinski definition) is 4. The van der Waals surface area contributed by atoms with Crippen LogP contribution < -0.4 is 5.73 Å². The van der Waals surface area contributed by atoms with Crippen LogP contribution in [0.25, 0.3) is 0 Å². The van der Waals surface area contributed by atoms with E-state index in [9.17, 15) is 4.79 Å². The Bertz CT molecular complexity index is 417. The quantitative estimate of drug-likeness (QED) is 0.850. The van der Waals surface area contributed by atoms with Crippen LogP contribution in [0.1, 0.15) is 28.9 Å². The third-order valence-electron chi connectivity index (χ3n) is 3.24. The largest absolute Gasteiger partial charge is 0.378 e. The van der Waals surface area contributed by atoms with Gasteiger partial charge in [-0.3, -0.25) is 4.79 Å². The summed E-state index contributed by atoms with van der Waals surface area (Å²) in [5.74, 6) is 0.0420. The molecule has 106 valence electrons. The molecule has 6 heteroatoms. The second-order valence-corrected chi connectivity index (χ2v) is 5.93. The van der Waals surface area contributed by atoms with Gasteiger partial charge in [0.15, 0.2) is 0 Å². The minimum absolute atomic E-state index is 0.0420. The Hall–Kier alpha value is -0.620. The molecular formula is C13H19ClN2O2S. The van der Waals surface area contributed by atoms with Crippen LogP contribution >= 0.6 is 22.9 Å². The third-order valence-corrected chi connectivity index (χ3v) is 4.57. The molecule has 4 nitrogen and oxygen atoms in total. The molecule has 1 amide bonds. The van der Waals surface area contributed by atoms with Crippen molar-refractivity contribution in [2.75, 3.05) is 26.2 Å². The van der Waals surface area contributed by atoms with Gasteiger partial charge in [-0.05, 0) is 37.3 Å². The maximum Gasteiger partial charge on any atom is 0.265 e. The van der Waals surface area contributed by atoms with Crippen LogP contribution in [0, 0.1) is 0 Å². The summed E-state index contributed by atoms with van der Waals surface area (Å²) in [6, 6.07) is 1.77. The molecule has 1 aliphatic heterocycles. The van der Waals surface area contributed by atoms with Gasteiger partial charge in [0.25, 0.3) is 5.91 Å². The van der Waals surface area contributed by atoms with Crippen molar-refractivity contribution in [1.29, 1.82) is 0 Å². The highest BCUT2D eigenvalue weighted by Crippen LogP contribution is 2.25. The van der Waals surface area contributed by atoms with Crippen molar-refractivity contribution in [3.63, 3.8) is 0 Å². The van der Waals surface area contributed by atoms with E-state index < -0.39 is 0 Å². The van der Waals surface area contributed by atoms with Crippen LogP contribution in [-0.2, 0) is 4.74 Å². The van der Waals surface area contributed by atoms with Gasteiger partial charge in [0.05, 0.1) is 11.1 Å². The molecule has 1 aliphatic rings. The van der Waals surface area contributed by atoms with Crippen molar-refractivity contribution in [3.05, 3.63) is 21.3 Å². The standard InChI is InChI=1S/C13H19ClN2O2S/c14-11-4-9-19-12(11)13(17)16-6-2-10(3-7-16)18-8-1-5-15/h4,9-10H,1-3,5-8,15H2. The summed E-state index contributed by atoms with van der Waals surface area (Å²) in [6.07, 6.45) is 2.93. The second-order valence-electron chi connectivity index (χ2n) is 4.60. The molecule has 1 aromatic rings. The summed E-state index contributed by atoms with van der Waals surface area (Å²) in [7, 11) is 0. The Morgan fingerprint density at radius 1 is 1.53 bits per heavy atom. The number of ether oxygens (including phenoxy) is 1. The van der Waals surface area contributed by atoms with Gasteiger partial charge in [-0.25, -0.2) is 0 Å². The van der Waals surface area contributed by atoms with E-state index in [0.717, 1.165) is 32.4 Å². The molecule has 2 heterocycles. The number of likely N-dealkylation sites (tertiary alicyclic amines) is 1. The molecule has 2 rings (SSSR count). The van der Waals surface area contributed by atoms with Crippen molar-refractivity contribution in [3.8, 4) is 0 Å². The highest BCUT2D eigenvalue weighted by Gasteiger charge is 2.25. The topological polar surface area (TPSA) is 55.6 Å². The van der Waals surface area contributed by atoms with Crippen molar-refractivity contribution in [1.82, 2.24) is 4.90 Å². The van der Waals surface area contributed by atoms with E-state index in [1.54, 1.807) is 6.07 Å². The summed E-state index contributed by atoms with van der Waals surface area (Å²) in [6.45, 7) is 2.85. The van der Waals surface area contributed by atoms with Gasteiger partial charge in [-0.2, -0.15) is 0 Å². The predicted molar refractivity (Wildman–Crippen MR) is 77.9 cm³/mol. The number of nitrogens with two attached hydrogens (primary N) is 1. The lowest BCUT2D eigenvalue weighted by Gasteiger charge is -2.31. The predicted octanol–water partition coefficient (Wildman–Crippen LogP) is 2.37. The monoisotopic (exact) mass is 302 g/mol. The number of rotatable bonds is 5. The van der Waals surface area contributed by atoms with Crippen molar-refractivity contribution in [2.45, 2.75) is 25.4 Å². The van der Waals surface area contributed by atoms with E-state index >= 15 is 0 Å². The van der Waals surface area contributed by atoms with Gasteiger partial charge in [-0.15, -0.1) is 11.3 Å². The molecule has 0 saturated carbocycles. The number of hydrogen-bond donors (Lipinski definition) is 1.